The van der Waals surface area contributed by atoms with E-state index in [1.165, 1.54) is 0 Å². The van der Waals surface area contributed by atoms with Crippen molar-refractivity contribution >= 4 is 5.97 Å². The van der Waals surface area contributed by atoms with Gasteiger partial charge in [0.25, 0.3) is 0 Å². The number of hydrogen-bond acceptors (Lipinski definition) is 4. The molecule has 0 aliphatic heterocycles. The monoisotopic (exact) mass is 257 g/mol. The topological polar surface area (TPSA) is 47.6 Å². The summed E-state index contributed by atoms with van der Waals surface area (Å²) in [5.41, 5.74) is -0.613. The van der Waals surface area contributed by atoms with Gasteiger partial charge in [-0.1, -0.05) is 20.3 Å². The number of carbonyl (C=O) groups is 1. The van der Waals surface area contributed by atoms with E-state index in [9.17, 15) is 4.79 Å². The second-order valence-electron chi connectivity index (χ2n) is 4.90. The van der Waals surface area contributed by atoms with Crippen LogP contribution in [0.2, 0.25) is 0 Å². The van der Waals surface area contributed by atoms with Gasteiger partial charge < -0.3 is 9.47 Å². The summed E-state index contributed by atoms with van der Waals surface area (Å²) in [6.07, 6.45) is 4.32. The van der Waals surface area contributed by atoms with Crippen LogP contribution >= 0.6 is 0 Å². The Labute approximate surface area is 110 Å². The third-order valence-corrected chi connectivity index (χ3v) is 3.38. The fourth-order valence-electron chi connectivity index (χ4n) is 2.24. The Balaban J connectivity index is 2.61. The molecule has 0 spiro atoms. The molecule has 1 fully saturated rings. The largest absolute Gasteiger partial charge is 0.465 e. The van der Waals surface area contributed by atoms with Gasteiger partial charge in [-0.2, -0.15) is 0 Å². The zero-order chi connectivity index (χ0) is 13.4. The molecule has 4 heteroatoms. The van der Waals surface area contributed by atoms with E-state index in [4.69, 9.17) is 9.47 Å². The fraction of sp³-hybridized carbons (Fsp3) is 0.929. The first-order valence-corrected chi connectivity index (χ1v) is 7.21. The molecule has 1 rings (SSSR count). The minimum Gasteiger partial charge on any atom is -0.465 e. The molecule has 1 aliphatic rings. The van der Waals surface area contributed by atoms with Crippen LogP contribution in [-0.4, -0.2) is 37.9 Å². The molecule has 1 atom stereocenters. The predicted octanol–water partition coefficient (Wildman–Crippen LogP) is 2.12. The van der Waals surface area contributed by atoms with Crippen molar-refractivity contribution in [3.63, 3.8) is 0 Å². The van der Waals surface area contributed by atoms with Crippen molar-refractivity contribution in [3.8, 4) is 0 Å². The van der Waals surface area contributed by atoms with E-state index >= 15 is 0 Å². The number of esters is 1. The first kappa shape index (κ1) is 15.4. The van der Waals surface area contributed by atoms with Crippen LogP contribution in [0.15, 0.2) is 0 Å². The van der Waals surface area contributed by atoms with Crippen LogP contribution in [0.5, 0.6) is 0 Å². The normalized spacial score (nSPS) is 18.4. The Kier molecular flexibility index (Phi) is 6.65. The predicted molar refractivity (Wildman–Crippen MR) is 71.5 cm³/mol. The highest BCUT2D eigenvalue weighted by molar-refractivity contribution is 5.82. The molecule has 0 radical (unpaired) electrons. The van der Waals surface area contributed by atoms with Crippen molar-refractivity contribution in [3.05, 3.63) is 0 Å². The minimum atomic E-state index is -0.613. The Morgan fingerprint density at radius 1 is 1.33 bits per heavy atom. The van der Waals surface area contributed by atoms with Gasteiger partial charge in [0.1, 0.15) is 5.54 Å². The Morgan fingerprint density at radius 3 is 2.56 bits per heavy atom. The summed E-state index contributed by atoms with van der Waals surface area (Å²) in [6, 6.07) is 0. The highest BCUT2D eigenvalue weighted by Crippen LogP contribution is 2.40. The second-order valence-corrected chi connectivity index (χ2v) is 4.90. The van der Waals surface area contributed by atoms with Crippen LogP contribution in [0.25, 0.3) is 0 Å². The van der Waals surface area contributed by atoms with Gasteiger partial charge >= 0.3 is 5.97 Å². The van der Waals surface area contributed by atoms with Crippen molar-refractivity contribution in [2.75, 3.05) is 26.4 Å². The van der Waals surface area contributed by atoms with E-state index in [0.29, 0.717) is 19.1 Å². The summed E-state index contributed by atoms with van der Waals surface area (Å²) in [6.45, 7) is 8.33. The summed E-state index contributed by atoms with van der Waals surface area (Å²) in [4.78, 5) is 12.2. The molecule has 0 bridgehead atoms. The quantitative estimate of drug-likeness (QED) is 0.481. The van der Waals surface area contributed by atoms with E-state index in [0.717, 1.165) is 38.8 Å². The van der Waals surface area contributed by atoms with E-state index in [1.54, 1.807) is 0 Å². The van der Waals surface area contributed by atoms with Crippen molar-refractivity contribution in [1.29, 1.82) is 0 Å². The zero-order valence-corrected chi connectivity index (χ0v) is 12.0. The number of nitrogens with one attached hydrogen (secondary N) is 1. The lowest BCUT2D eigenvalue weighted by atomic mass is 9.94. The fourth-order valence-corrected chi connectivity index (χ4v) is 2.24. The minimum absolute atomic E-state index is 0.147. The summed E-state index contributed by atoms with van der Waals surface area (Å²) in [7, 11) is 0. The molecule has 1 unspecified atom stereocenters. The van der Waals surface area contributed by atoms with Crippen molar-refractivity contribution in [2.45, 2.75) is 52.0 Å². The van der Waals surface area contributed by atoms with E-state index in [2.05, 4.69) is 12.2 Å². The lowest BCUT2D eigenvalue weighted by Gasteiger charge is -2.32. The molecule has 106 valence electrons. The molecule has 0 heterocycles. The van der Waals surface area contributed by atoms with Crippen LogP contribution < -0.4 is 5.32 Å². The zero-order valence-electron chi connectivity index (χ0n) is 12.0. The first-order chi connectivity index (χ1) is 8.71. The van der Waals surface area contributed by atoms with E-state index in [1.807, 2.05) is 13.8 Å². The highest BCUT2D eigenvalue weighted by atomic mass is 16.5. The van der Waals surface area contributed by atoms with Gasteiger partial charge in [0.15, 0.2) is 0 Å². The van der Waals surface area contributed by atoms with Crippen LogP contribution in [0.3, 0.4) is 0 Å². The summed E-state index contributed by atoms with van der Waals surface area (Å²) < 4.78 is 10.9. The molecule has 0 aromatic rings. The summed E-state index contributed by atoms with van der Waals surface area (Å²) >= 11 is 0. The molecule has 0 amide bonds. The molecule has 4 nitrogen and oxygen atoms in total. The second kappa shape index (κ2) is 7.74. The summed E-state index contributed by atoms with van der Waals surface area (Å²) in [5.74, 6) is 0.226. The Hall–Kier alpha value is -0.610. The SMILES string of the molecule is CCCCOCC(NCC)(C(=O)OCC)C1CC1. The van der Waals surface area contributed by atoms with Gasteiger partial charge in [-0.15, -0.1) is 0 Å². The van der Waals surface area contributed by atoms with Crippen LogP contribution in [-0.2, 0) is 14.3 Å². The number of carbonyl (C=O) groups excluding carboxylic acids is 1. The molecule has 1 N–H and O–H groups in total. The molecule has 0 aromatic carbocycles. The van der Waals surface area contributed by atoms with Gasteiger partial charge in [0.2, 0.25) is 0 Å². The molecule has 18 heavy (non-hydrogen) atoms. The van der Waals surface area contributed by atoms with E-state index in [-0.39, 0.29) is 5.97 Å². The lowest BCUT2D eigenvalue weighted by Crippen LogP contribution is -2.58. The average molecular weight is 257 g/mol. The number of likely N-dealkylation sites (N-methyl/N-ethyl adjacent to an activating group) is 1. The van der Waals surface area contributed by atoms with Crippen molar-refractivity contribution in [2.24, 2.45) is 5.92 Å². The summed E-state index contributed by atoms with van der Waals surface area (Å²) in [5, 5.41) is 3.32. The number of hydrogen-bond donors (Lipinski definition) is 1. The third kappa shape index (κ3) is 3.95. The van der Waals surface area contributed by atoms with Crippen LogP contribution in [0.1, 0.15) is 46.5 Å². The van der Waals surface area contributed by atoms with Gasteiger partial charge in [0.05, 0.1) is 13.2 Å². The maximum absolute atomic E-state index is 12.2. The Bertz CT molecular complexity index is 253. The van der Waals surface area contributed by atoms with Crippen molar-refractivity contribution < 1.29 is 14.3 Å². The standard InChI is InChI=1S/C14H27NO3/c1-4-7-10-17-11-14(15-5-2,12-8-9-12)13(16)18-6-3/h12,15H,4-11H2,1-3H3. The lowest BCUT2D eigenvalue weighted by molar-refractivity contribution is -0.155. The van der Waals surface area contributed by atoms with Gasteiger partial charge in [-0.25, -0.2) is 4.79 Å². The van der Waals surface area contributed by atoms with Gasteiger partial charge in [0, 0.05) is 6.61 Å². The highest BCUT2D eigenvalue weighted by Gasteiger charge is 2.51. The maximum Gasteiger partial charge on any atom is 0.329 e. The van der Waals surface area contributed by atoms with Crippen LogP contribution in [0.4, 0.5) is 0 Å². The molecule has 0 saturated heterocycles. The maximum atomic E-state index is 12.2. The molecular weight excluding hydrogens is 230 g/mol. The first-order valence-electron chi connectivity index (χ1n) is 7.21. The molecule has 1 saturated carbocycles. The Morgan fingerprint density at radius 2 is 2.06 bits per heavy atom. The third-order valence-electron chi connectivity index (χ3n) is 3.38. The molecular formula is C14H27NO3. The molecule has 1 aliphatic carbocycles. The number of ether oxygens (including phenoxy) is 2. The number of rotatable bonds is 10. The molecule has 0 aromatic heterocycles. The van der Waals surface area contributed by atoms with E-state index < -0.39 is 5.54 Å². The average Bonchev–Trinajstić information content (AvgIpc) is 3.18. The van der Waals surface area contributed by atoms with Crippen molar-refractivity contribution in [1.82, 2.24) is 5.32 Å². The van der Waals surface area contributed by atoms with Gasteiger partial charge in [-0.05, 0) is 38.6 Å². The number of unbranched alkanes of at least 4 members (excludes halogenated alkanes) is 1. The van der Waals surface area contributed by atoms with Gasteiger partial charge in [-0.3, -0.25) is 5.32 Å². The van der Waals surface area contributed by atoms with Crippen LogP contribution in [0, 0.1) is 5.92 Å². The smallest absolute Gasteiger partial charge is 0.329 e.